The molecule has 198 valence electrons. The Hall–Kier alpha value is -3.45. The minimum Gasteiger partial charge on any atom is -0.506 e. The van der Waals surface area contributed by atoms with Crippen LogP contribution in [0.25, 0.3) is 5.57 Å². The number of rotatable bonds is 8. The number of aromatic nitrogens is 1. The van der Waals surface area contributed by atoms with E-state index in [1.165, 1.54) is 30.3 Å². The highest BCUT2D eigenvalue weighted by Crippen LogP contribution is 2.29. The van der Waals surface area contributed by atoms with E-state index in [4.69, 9.17) is 5.41 Å². The van der Waals surface area contributed by atoms with Gasteiger partial charge in [0, 0.05) is 36.1 Å². The number of aromatic hydroxyl groups is 1. The number of nitrogens with zero attached hydrogens (tertiary/aromatic N) is 3. The van der Waals surface area contributed by atoms with E-state index in [0.29, 0.717) is 17.7 Å². The summed E-state index contributed by atoms with van der Waals surface area (Å²) in [6, 6.07) is 5.60. The molecule has 2 heterocycles. The van der Waals surface area contributed by atoms with Gasteiger partial charge in [-0.15, -0.1) is 0 Å². The number of amides is 1. The molecule has 0 aliphatic carbocycles. The van der Waals surface area contributed by atoms with Gasteiger partial charge in [-0.05, 0) is 57.0 Å². The fraction of sp³-hybridized carbons (Fsp3) is 0.333. The third-order valence-electron chi connectivity index (χ3n) is 5.79. The lowest BCUT2D eigenvalue weighted by atomic mass is 10.1. The Morgan fingerprint density at radius 2 is 2.00 bits per heavy atom. The van der Waals surface area contributed by atoms with E-state index in [1.54, 1.807) is 4.31 Å². The van der Waals surface area contributed by atoms with Crippen molar-refractivity contribution >= 4 is 34.4 Å². The van der Waals surface area contributed by atoms with Crippen LogP contribution in [0.4, 0.5) is 17.6 Å². The van der Waals surface area contributed by atoms with Gasteiger partial charge in [-0.2, -0.15) is 13.2 Å². The van der Waals surface area contributed by atoms with Gasteiger partial charge in [-0.25, -0.2) is 12.9 Å². The first-order valence-corrected chi connectivity index (χ1v) is 12.3. The van der Waals surface area contributed by atoms with Gasteiger partial charge in [0.1, 0.15) is 34.3 Å². The van der Waals surface area contributed by atoms with E-state index < -0.39 is 40.6 Å². The number of hydrogen-bond acceptors (Lipinski definition) is 6. The Balaban J connectivity index is 1.76. The van der Waals surface area contributed by atoms with Gasteiger partial charge in [0.25, 0.3) is 0 Å². The fourth-order valence-corrected chi connectivity index (χ4v) is 5.14. The standard InChI is InChI=1S/C24H25F4N5O3S/c1-14-3-8-21(33(14)37(36)19-6-4-18(25)5-7-19)23(35)32-11-16-9-20(31-13-22(16)34)17(10-29)12-30-15(2)24(26,27)28/h4-7,9-10,12-14,21,29,34H,3,8,11H2,1-2H3,(H,32,35)/b17-12+,29-10?,30-15?. The smallest absolute Gasteiger partial charge is 0.429 e. The molecule has 1 fully saturated rings. The first-order valence-electron chi connectivity index (χ1n) is 11.2. The number of benzene rings is 1. The van der Waals surface area contributed by atoms with Crippen molar-refractivity contribution in [2.24, 2.45) is 4.99 Å². The molecule has 37 heavy (non-hydrogen) atoms. The number of nitrogens with one attached hydrogen (secondary N) is 2. The third-order valence-corrected chi connectivity index (χ3v) is 7.46. The van der Waals surface area contributed by atoms with Gasteiger partial charge in [-0.1, -0.05) is 0 Å². The summed E-state index contributed by atoms with van der Waals surface area (Å²) in [6.45, 7) is 2.47. The number of carbonyl (C=O) groups excluding carboxylic acids is 1. The minimum absolute atomic E-state index is 0.0401. The molecule has 0 saturated carbocycles. The molecule has 1 aliphatic rings. The molecule has 1 aromatic carbocycles. The SMILES string of the molecule is CC(=N/C=C(\C=N)c1cc(CNC(=O)C2CCC(C)N2S(=O)c2ccc(F)cc2)c(O)cn1)C(F)(F)F. The largest absolute Gasteiger partial charge is 0.506 e. The van der Waals surface area contributed by atoms with E-state index >= 15 is 0 Å². The average Bonchev–Trinajstić information content (AvgIpc) is 3.24. The number of allylic oxidation sites excluding steroid dienone is 1. The summed E-state index contributed by atoms with van der Waals surface area (Å²) in [7, 11) is -1.70. The second kappa shape index (κ2) is 11.7. The van der Waals surface area contributed by atoms with Crippen LogP contribution in [0, 0.1) is 11.2 Å². The summed E-state index contributed by atoms with van der Waals surface area (Å²) >= 11 is 0. The lowest BCUT2D eigenvalue weighted by molar-refractivity contribution is -0.124. The highest BCUT2D eigenvalue weighted by Gasteiger charge is 2.39. The van der Waals surface area contributed by atoms with E-state index in [-0.39, 0.29) is 35.2 Å². The van der Waals surface area contributed by atoms with Gasteiger partial charge < -0.3 is 15.8 Å². The first-order chi connectivity index (χ1) is 17.4. The maximum absolute atomic E-state index is 13.3. The van der Waals surface area contributed by atoms with E-state index in [2.05, 4.69) is 15.3 Å². The predicted molar refractivity (Wildman–Crippen MR) is 131 cm³/mol. The number of carbonyl (C=O) groups is 1. The lowest BCUT2D eigenvalue weighted by Crippen LogP contribution is -2.45. The van der Waals surface area contributed by atoms with Crippen LogP contribution in [0.3, 0.4) is 0 Å². The van der Waals surface area contributed by atoms with E-state index in [0.717, 1.165) is 25.5 Å². The number of halogens is 4. The van der Waals surface area contributed by atoms with Crippen molar-refractivity contribution in [1.82, 2.24) is 14.6 Å². The predicted octanol–water partition coefficient (Wildman–Crippen LogP) is 4.13. The zero-order valence-electron chi connectivity index (χ0n) is 19.9. The molecule has 3 unspecified atom stereocenters. The summed E-state index contributed by atoms with van der Waals surface area (Å²) in [6.07, 6.45) is -0.890. The molecule has 2 aromatic rings. The molecule has 1 saturated heterocycles. The molecule has 8 nitrogen and oxygen atoms in total. The van der Waals surface area contributed by atoms with Gasteiger partial charge in [0.05, 0.1) is 16.8 Å². The highest BCUT2D eigenvalue weighted by molar-refractivity contribution is 7.82. The van der Waals surface area contributed by atoms with E-state index in [1.807, 2.05) is 6.92 Å². The number of pyridine rings is 1. The maximum atomic E-state index is 13.3. The summed E-state index contributed by atoms with van der Waals surface area (Å²) in [5, 5.41) is 20.4. The third kappa shape index (κ3) is 6.86. The van der Waals surface area contributed by atoms with Crippen molar-refractivity contribution in [3.8, 4) is 5.75 Å². The second-order valence-electron chi connectivity index (χ2n) is 8.36. The topological polar surface area (TPSA) is 119 Å². The molecule has 3 rings (SSSR count). The summed E-state index contributed by atoms with van der Waals surface area (Å²) < 4.78 is 66.0. The van der Waals surface area contributed by atoms with Crippen molar-refractivity contribution in [1.29, 1.82) is 5.41 Å². The Morgan fingerprint density at radius 1 is 1.32 bits per heavy atom. The average molecular weight is 540 g/mol. The van der Waals surface area contributed by atoms with Crippen LogP contribution in [-0.4, -0.2) is 54.7 Å². The molecule has 3 atom stereocenters. The molecule has 0 bridgehead atoms. The molecule has 0 radical (unpaired) electrons. The van der Waals surface area contributed by atoms with Crippen LogP contribution in [0.5, 0.6) is 5.75 Å². The van der Waals surface area contributed by atoms with Crippen LogP contribution in [0.2, 0.25) is 0 Å². The van der Waals surface area contributed by atoms with Crippen LogP contribution in [0.15, 0.2) is 52.6 Å². The molecule has 13 heteroatoms. The Morgan fingerprint density at radius 3 is 2.62 bits per heavy atom. The quantitative estimate of drug-likeness (QED) is 0.345. The minimum atomic E-state index is -4.62. The summed E-state index contributed by atoms with van der Waals surface area (Å²) in [5.41, 5.74) is -0.864. The van der Waals surface area contributed by atoms with Crippen LogP contribution in [-0.2, 0) is 22.3 Å². The van der Waals surface area contributed by atoms with Crippen molar-refractivity contribution in [3.05, 3.63) is 59.8 Å². The Labute approximate surface area is 213 Å². The summed E-state index contributed by atoms with van der Waals surface area (Å²) in [4.78, 5) is 20.6. The van der Waals surface area contributed by atoms with Crippen LogP contribution < -0.4 is 5.32 Å². The Kier molecular flexibility index (Phi) is 8.92. The molecular weight excluding hydrogens is 514 g/mol. The van der Waals surface area contributed by atoms with Crippen molar-refractivity contribution in [2.75, 3.05) is 0 Å². The highest BCUT2D eigenvalue weighted by atomic mass is 32.2. The van der Waals surface area contributed by atoms with Crippen molar-refractivity contribution in [2.45, 2.75) is 56.4 Å². The normalized spacial score (nSPS) is 20.1. The van der Waals surface area contributed by atoms with Gasteiger partial charge in [-0.3, -0.25) is 14.8 Å². The molecule has 0 spiro atoms. The van der Waals surface area contributed by atoms with E-state index in [9.17, 15) is 31.7 Å². The van der Waals surface area contributed by atoms with Crippen molar-refractivity contribution < 1.29 is 31.7 Å². The number of alkyl halides is 3. The van der Waals surface area contributed by atoms with Gasteiger partial charge >= 0.3 is 6.18 Å². The first kappa shape index (κ1) is 28.1. The lowest BCUT2D eigenvalue weighted by Gasteiger charge is -2.26. The Bertz CT molecular complexity index is 1250. The van der Waals surface area contributed by atoms with Gasteiger partial charge in [0.15, 0.2) is 0 Å². The second-order valence-corrected chi connectivity index (χ2v) is 9.75. The van der Waals surface area contributed by atoms with Crippen LogP contribution in [0.1, 0.15) is 37.9 Å². The molecule has 3 N–H and O–H groups in total. The monoisotopic (exact) mass is 539 g/mol. The van der Waals surface area contributed by atoms with Gasteiger partial charge in [0.2, 0.25) is 5.91 Å². The molecule has 1 amide bonds. The fourth-order valence-electron chi connectivity index (χ4n) is 3.67. The maximum Gasteiger partial charge on any atom is 0.429 e. The molecule has 1 aliphatic heterocycles. The number of hydrogen-bond donors (Lipinski definition) is 3. The molecular formula is C24H25F4N5O3S. The number of aliphatic imine (C=N–C) groups is 1. The zero-order chi connectivity index (χ0) is 27.3. The molecule has 1 aromatic heterocycles. The van der Waals surface area contributed by atoms with Crippen LogP contribution >= 0.6 is 0 Å². The summed E-state index contributed by atoms with van der Waals surface area (Å²) in [5.74, 6) is -1.18. The van der Waals surface area contributed by atoms with Crippen molar-refractivity contribution in [3.63, 3.8) is 0 Å². The zero-order valence-corrected chi connectivity index (χ0v) is 20.7.